The predicted octanol–water partition coefficient (Wildman–Crippen LogP) is 7.24. The zero-order valence-corrected chi connectivity index (χ0v) is 21.5. The van der Waals surface area contributed by atoms with E-state index in [0.717, 1.165) is 22.9 Å². The maximum absolute atomic E-state index is 5.49. The van der Waals surface area contributed by atoms with E-state index in [2.05, 4.69) is 89.5 Å². The lowest BCUT2D eigenvalue weighted by atomic mass is 9.79. The Morgan fingerprint density at radius 2 is 1.19 bits per heavy atom. The Labute approximate surface area is 195 Å². The van der Waals surface area contributed by atoms with Crippen molar-refractivity contribution in [2.24, 2.45) is 0 Å². The fourth-order valence-corrected chi connectivity index (χ4v) is 6.64. The summed E-state index contributed by atoms with van der Waals surface area (Å²) in [5.74, 6) is 2.17. The van der Waals surface area contributed by atoms with Crippen molar-refractivity contribution >= 4 is 11.6 Å². The van der Waals surface area contributed by atoms with E-state index in [1.807, 2.05) is 12.3 Å². The van der Waals surface area contributed by atoms with Gasteiger partial charge in [-0.2, -0.15) is 0 Å². The minimum absolute atomic E-state index is 0.0316. The highest BCUT2D eigenvalue weighted by Crippen LogP contribution is 2.47. The van der Waals surface area contributed by atoms with Gasteiger partial charge in [0.2, 0.25) is 0 Å². The zero-order valence-electron chi connectivity index (χ0n) is 21.5. The van der Waals surface area contributed by atoms with Crippen LogP contribution in [0.2, 0.25) is 0 Å². The summed E-state index contributed by atoms with van der Waals surface area (Å²) in [4.78, 5) is 15.4. The van der Waals surface area contributed by atoms with Gasteiger partial charge in [-0.25, -0.2) is 4.98 Å². The van der Waals surface area contributed by atoms with Gasteiger partial charge in [0.1, 0.15) is 11.6 Å². The maximum atomic E-state index is 5.49. The highest BCUT2D eigenvalue weighted by atomic mass is 15.3. The van der Waals surface area contributed by atoms with Crippen LogP contribution in [0.5, 0.6) is 0 Å². The minimum Gasteiger partial charge on any atom is -0.346 e. The van der Waals surface area contributed by atoms with Gasteiger partial charge >= 0.3 is 0 Å². The van der Waals surface area contributed by atoms with Gasteiger partial charge in [-0.3, -0.25) is 4.98 Å². The van der Waals surface area contributed by atoms with Crippen molar-refractivity contribution in [1.82, 2.24) is 9.97 Å². The number of rotatable bonds is 3. The number of hydrogen-bond donors (Lipinski definition) is 0. The second kappa shape index (κ2) is 7.74. The maximum Gasteiger partial charge on any atom is 0.141 e. The summed E-state index contributed by atoms with van der Waals surface area (Å²) < 4.78 is 0. The monoisotopic (exact) mass is 434 g/mol. The molecule has 2 aliphatic rings. The van der Waals surface area contributed by atoms with Gasteiger partial charge in [0.05, 0.1) is 5.69 Å². The van der Waals surface area contributed by atoms with E-state index >= 15 is 0 Å². The van der Waals surface area contributed by atoms with Gasteiger partial charge in [-0.15, -0.1) is 0 Å². The predicted molar refractivity (Wildman–Crippen MR) is 136 cm³/mol. The molecule has 2 fully saturated rings. The lowest BCUT2D eigenvalue weighted by Gasteiger charge is -2.56. The van der Waals surface area contributed by atoms with Crippen LogP contribution in [0, 0.1) is 0 Å². The van der Waals surface area contributed by atoms with E-state index in [1.165, 1.54) is 38.5 Å². The Morgan fingerprint density at radius 3 is 1.69 bits per heavy atom. The Morgan fingerprint density at radius 1 is 0.656 bits per heavy atom. The topological polar surface area (TPSA) is 32.3 Å². The van der Waals surface area contributed by atoms with Gasteiger partial charge in [-0.05, 0) is 118 Å². The Balaban J connectivity index is 1.94. The molecule has 4 heteroatoms. The van der Waals surface area contributed by atoms with Gasteiger partial charge < -0.3 is 9.80 Å². The Kier molecular flexibility index (Phi) is 5.58. The molecule has 2 aromatic heterocycles. The molecule has 0 unspecified atom stereocenters. The van der Waals surface area contributed by atoms with E-state index in [-0.39, 0.29) is 22.2 Å². The summed E-state index contributed by atoms with van der Waals surface area (Å²) >= 11 is 0. The van der Waals surface area contributed by atoms with Crippen LogP contribution >= 0.6 is 0 Å². The van der Waals surface area contributed by atoms with Crippen LogP contribution in [0.3, 0.4) is 0 Å². The van der Waals surface area contributed by atoms with Crippen molar-refractivity contribution in [1.29, 1.82) is 0 Å². The molecule has 4 rings (SSSR count). The summed E-state index contributed by atoms with van der Waals surface area (Å²) in [6.45, 7) is 19.0. The summed E-state index contributed by atoms with van der Waals surface area (Å²) in [5, 5.41) is 0. The average molecular weight is 435 g/mol. The molecule has 0 aromatic carbocycles. The number of anilines is 2. The fraction of sp³-hybridized carbons (Fsp3) is 0.643. The first kappa shape index (κ1) is 23.1. The van der Waals surface area contributed by atoms with Crippen molar-refractivity contribution in [3.8, 4) is 11.3 Å². The molecule has 0 bridgehead atoms. The van der Waals surface area contributed by atoms with Crippen molar-refractivity contribution in [3.05, 3.63) is 36.5 Å². The Bertz CT molecular complexity index is 927. The molecule has 4 heterocycles. The average Bonchev–Trinajstić information content (AvgIpc) is 2.66. The smallest absolute Gasteiger partial charge is 0.141 e. The second-order valence-electron chi connectivity index (χ2n) is 12.4. The van der Waals surface area contributed by atoms with E-state index in [1.54, 1.807) is 0 Å². The van der Waals surface area contributed by atoms with Crippen LogP contribution in [0.15, 0.2) is 36.5 Å². The molecule has 174 valence electrons. The molecule has 0 amide bonds. The van der Waals surface area contributed by atoms with Gasteiger partial charge in [-0.1, -0.05) is 6.07 Å². The molecule has 2 aromatic rings. The first-order valence-electron chi connectivity index (χ1n) is 12.4. The summed E-state index contributed by atoms with van der Waals surface area (Å²) in [6, 6.07) is 10.7. The standard InChI is InChI=1S/C28H42N4/c1-25(2)16-11-17-26(3,4)31(25)23-15-14-21(22-13-9-10-20-29-22)24(30-23)32-27(5,6)18-12-19-28(32,7)8/h9-10,13-15,20H,11-12,16-19H2,1-8H3. The third kappa shape index (κ3) is 4.02. The van der Waals surface area contributed by atoms with E-state index in [0.29, 0.717) is 0 Å². The number of pyridine rings is 2. The quantitative estimate of drug-likeness (QED) is 0.510. The van der Waals surface area contributed by atoms with E-state index < -0.39 is 0 Å². The molecule has 2 aliphatic heterocycles. The third-order valence-electron chi connectivity index (χ3n) is 7.82. The molecule has 32 heavy (non-hydrogen) atoms. The lowest BCUT2D eigenvalue weighted by molar-refractivity contribution is 0.237. The molecular formula is C28H42N4. The van der Waals surface area contributed by atoms with Crippen LogP contribution in [-0.2, 0) is 0 Å². The molecule has 0 spiro atoms. The van der Waals surface area contributed by atoms with Gasteiger partial charge in [0, 0.05) is 33.9 Å². The van der Waals surface area contributed by atoms with Crippen LogP contribution in [0.25, 0.3) is 11.3 Å². The normalized spacial score (nSPS) is 23.8. The largest absolute Gasteiger partial charge is 0.346 e. The van der Waals surface area contributed by atoms with Crippen LogP contribution in [0.4, 0.5) is 11.6 Å². The molecule has 0 N–H and O–H groups in total. The number of nitrogens with zero attached hydrogens (tertiary/aromatic N) is 4. The minimum atomic E-state index is 0.0316. The van der Waals surface area contributed by atoms with Crippen molar-refractivity contribution in [2.75, 3.05) is 9.80 Å². The first-order chi connectivity index (χ1) is 14.9. The SMILES string of the molecule is CC1(C)CCCC(C)(C)N1c1ccc(-c2ccccn2)c(N2C(C)(C)CCCC2(C)C)n1. The third-order valence-corrected chi connectivity index (χ3v) is 7.82. The van der Waals surface area contributed by atoms with Crippen LogP contribution in [0.1, 0.15) is 93.9 Å². The van der Waals surface area contributed by atoms with E-state index in [9.17, 15) is 0 Å². The molecule has 0 aliphatic carbocycles. The van der Waals surface area contributed by atoms with Gasteiger partial charge in [0.15, 0.2) is 0 Å². The lowest BCUT2D eigenvalue weighted by Crippen LogP contribution is -2.60. The second-order valence-corrected chi connectivity index (χ2v) is 12.4. The van der Waals surface area contributed by atoms with Crippen LogP contribution in [-0.4, -0.2) is 32.1 Å². The summed E-state index contributed by atoms with van der Waals surface area (Å²) in [5.41, 5.74) is 2.34. The summed E-state index contributed by atoms with van der Waals surface area (Å²) in [7, 11) is 0. The molecule has 0 saturated carbocycles. The molecule has 0 radical (unpaired) electrons. The molecule has 4 nitrogen and oxygen atoms in total. The first-order valence-corrected chi connectivity index (χ1v) is 12.4. The van der Waals surface area contributed by atoms with Gasteiger partial charge in [0.25, 0.3) is 0 Å². The van der Waals surface area contributed by atoms with Crippen molar-refractivity contribution in [3.63, 3.8) is 0 Å². The van der Waals surface area contributed by atoms with Crippen molar-refractivity contribution in [2.45, 2.75) is 116 Å². The van der Waals surface area contributed by atoms with E-state index in [4.69, 9.17) is 9.97 Å². The van der Waals surface area contributed by atoms with Crippen LogP contribution < -0.4 is 9.80 Å². The number of aromatic nitrogens is 2. The highest BCUT2D eigenvalue weighted by molar-refractivity contribution is 5.77. The molecule has 0 atom stereocenters. The zero-order chi connectivity index (χ0) is 23.4. The Hall–Kier alpha value is -2.10. The number of hydrogen-bond acceptors (Lipinski definition) is 4. The number of piperidine rings is 2. The molecule has 2 saturated heterocycles. The fourth-order valence-electron chi connectivity index (χ4n) is 6.64. The van der Waals surface area contributed by atoms with Crippen molar-refractivity contribution < 1.29 is 0 Å². The summed E-state index contributed by atoms with van der Waals surface area (Å²) in [6.07, 6.45) is 9.13. The molecular weight excluding hydrogens is 392 g/mol. The highest BCUT2D eigenvalue weighted by Gasteiger charge is 2.45.